The molecule has 1 saturated heterocycles. The number of H-pyrrole nitrogens is 1. The molecule has 1 aromatic heterocycles. The van der Waals surface area contributed by atoms with Crippen molar-refractivity contribution in [1.29, 1.82) is 0 Å². The van der Waals surface area contributed by atoms with Crippen molar-refractivity contribution in [2.45, 2.75) is 73.3 Å². The van der Waals surface area contributed by atoms with Gasteiger partial charge in [-0.1, -0.05) is 0 Å². The van der Waals surface area contributed by atoms with Crippen LogP contribution in [-0.4, -0.2) is 136 Å². The molecular formula is C34H51N2O22P. The fourth-order valence-corrected chi connectivity index (χ4v) is 6.28. The van der Waals surface area contributed by atoms with Crippen molar-refractivity contribution in [1.82, 2.24) is 9.55 Å². The van der Waals surface area contributed by atoms with E-state index in [9.17, 15) is 48.0 Å². The van der Waals surface area contributed by atoms with Crippen LogP contribution in [0.1, 0.15) is 59.8 Å². The topological polar surface area (TPSA) is 305 Å². The quantitative estimate of drug-likeness (QED) is 0.0308. The number of nitrogens with one attached hydrogen (secondary N) is 1. The Bertz CT molecular complexity index is 1670. The number of ether oxygens (including phenoxy) is 9. The smallest absolute Gasteiger partial charge is 0.465 e. The zero-order valence-corrected chi connectivity index (χ0v) is 34.6. The molecule has 2 N–H and O–H groups in total. The molecule has 0 aliphatic carbocycles. The van der Waals surface area contributed by atoms with E-state index in [1.54, 1.807) is 0 Å². The number of aliphatic hydroxyl groups excluding tert-OH is 1. The van der Waals surface area contributed by atoms with Gasteiger partial charge in [-0.25, -0.2) is 9.36 Å². The predicted molar refractivity (Wildman–Crippen MR) is 193 cm³/mol. The standard InChI is InChI=1S/C34H51N2O22P/c1-8-49-28(41)33(29(42)50-9-2,15-47-19-53-22(6)37)17-56-59(46,55-14-25-24(39)12-26(58-25)36-13-21(5)27(40)35-32(36)45)57-18-34(30(43)51-10-3,31(44)52-11-4)16-48-20-54-23(7)38/h13,24-26,39H,8-12,14-20H2,1-7H3,(H,35,40,45)/t24-,25+,26+/m0/s1. The summed E-state index contributed by atoms with van der Waals surface area (Å²) in [4.78, 5) is 103. The van der Waals surface area contributed by atoms with Crippen LogP contribution in [0.4, 0.5) is 0 Å². The lowest BCUT2D eigenvalue weighted by Crippen LogP contribution is -2.50. The van der Waals surface area contributed by atoms with Gasteiger partial charge in [-0.3, -0.25) is 56.7 Å². The molecule has 24 nitrogen and oxygen atoms in total. The average molecular weight is 871 g/mol. The zero-order valence-electron chi connectivity index (χ0n) is 33.7. The van der Waals surface area contributed by atoms with Gasteiger partial charge in [0, 0.05) is 32.0 Å². The maximum atomic E-state index is 14.7. The summed E-state index contributed by atoms with van der Waals surface area (Å²) in [6.45, 7) is 1.09. The van der Waals surface area contributed by atoms with E-state index in [2.05, 4.69) is 4.98 Å². The summed E-state index contributed by atoms with van der Waals surface area (Å²) in [6, 6.07) is 0. The predicted octanol–water partition coefficient (Wildman–Crippen LogP) is -0.0491. The first-order valence-electron chi connectivity index (χ1n) is 18.1. The van der Waals surface area contributed by atoms with Crippen molar-refractivity contribution in [3.63, 3.8) is 0 Å². The highest BCUT2D eigenvalue weighted by molar-refractivity contribution is 7.48. The summed E-state index contributed by atoms with van der Waals surface area (Å²) in [6.07, 6.45) is -3.05. The number of esters is 6. The largest absolute Gasteiger partial charge is 0.474 e. The van der Waals surface area contributed by atoms with Crippen LogP contribution in [0.25, 0.3) is 0 Å². The molecule has 1 aliphatic rings. The van der Waals surface area contributed by atoms with Crippen LogP contribution in [0.15, 0.2) is 15.8 Å². The molecular weight excluding hydrogens is 819 g/mol. The molecule has 0 aromatic carbocycles. The van der Waals surface area contributed by atoms with Crippen molar-refractivity contribution in [3.05, 3.63) is 32.6 Å². The lowest BCUT2D eigenvalue weighted by atomic mass is 9.90. The van der Waals surface area contributed by atoms with E-state index in [-0.39, 0.29) is 38.4 Å². The summed E-state index contributed by atoms with van der Waals surface area (Å²) in [7, 11) is -5.37. The zero-order chi connectivity index (χ0) is 44.4. The fourth-order valence-electron chi connectivity index (χ4n) is 4.97. The van der Waals surface area contributed by atoms with Crippen molar-refractivity contribution in [2.75, 3.05) is 73.0 Å². The molecule has 0 bridgehead atoms. The molecule has 2 heterocycles. The van der Waals surface area contributed by atoms with Gasteiger partial charge in [-0.2, -0.15) is 0 Å². The Balaban J connectivity index is 2.64. The number of aryl methyl sites for hydroxylation is 1. The van der Waals surface area contributed by atoms with Gasteiger partial charge < -0.3 is 47.7 Å². The maximum Gasteiger partial charge on any atom is 0.474 e. The minimum atomic E-state index is -5.37. The monoisotopic (exact) mass is 870 g/mol. The Hall–Kier alpha value is -4.55. The summed E-state index contributed by atoms with van der Waals surface area (Å²) >= 11 is 0. The van der Waals surface area contributed by atoms with E-state index < -0.39 is 131 Å². The first-order valence-corrected chi connectivity index (χ1v) is 19.6. The highest BCUT2D eigenvalue weighted by Crippen LogP contribution is 2.53. The van der Waals surface area contributed by atoms with Gasteiger partial charge >= 0.3 is 49.3 Å². The number of aromatic nitrogens is 2. The summed E-state index contributed by atoms with van der Waals surface area (Å²) in [5, 5.41) is 10.9. The van der Waals surface area contributed by atoms with Gasteiger partial charge in [-0.05, 0) is 34.6 Å². The maximum absolute atomic E-state index is 14.7. The Kier molecular flexibility index (Phi) is 20.5. The molecule has 3 atom stereocenters. The second kappa shape index (κ2) is 23.9. The number of phosphoric ester groups is 1. The molecule has 334 valence electrons. The third-order valence-corrected chi connectivity index (χ3v) is 9.40. The number of aromatic amines is 1. The Morgan fingerprint density at radius 1 is 0.746 bits per heavy atom. The summed E-state index contributed by atoms with van der Waals surface area (Å²) in [5.41, 5.74) is -6.64. The SMILES string of the molecule is CCOC(=O)C(COCOC(C)=O)(COP(=O)(OC[C@H]1O[C@@H](n2cc(C)c(=O)[nH]c2=O)C[C@@H]1O)OCC(COCOC(C)=O)(C(=O)OCC)C(=O)OCC)C(=O)OCC. The van der Waals surface area contributed by atoms with Gasteiger partial charge in [0.15, 0.2) is 13.6 Å². The molecule has 0 unspecified atom stereocenters. The van der Waals surface area contributed by atoms with Crippen LogP contribution >= 0.6 is 7.82 Å². The van der Waals surface area contributed by atoms with Crippen LogP contribution in [0.2, 0.25) is 0 Å². The Labute approximate surface area is 337 Å². The second-order valence-corrected chi connectivity index (χ2v) is 14.1. The number of hydrogen-bond acceptors (Lipinski definition) is 22. The number of hydrogen-bond donors (Lipinski definition) is 2. The number of phosphoric acid groups is 1. The van der Waals surface area contributed by atoms with Crippen molar-refractivity contribution < 1.29 is 94.6 Å². The highest BCUT2D eigenvalue weighted by atomic mass is 31.2. The van der Waals surface area contributed by atoms with E-state index in [1.807, 2.05) is 0 Å². The number of aliphatic hydroxyl groups is 1. The third kappa shape index (κ3) is 14.3. The van der Waals surface area contributed by atoms with Gasteiger partial charge in [0.25, 0.3) is 5.56 Å². The van der Waals surface area contributed by atoms with Crippen molar-refractivity contribution in [2.24, 2.45) is 10.8 Å². The van der Waals surface area contributed by atoms with Crippen molar-refractivity contribution >= 4 is 43.6 Å². The fraction of sp³-hybridized carbons (Fsp3) is 0.706. The molecule has 1 fully saturated rings. The number of nitrogens with zero attached hydrogens (tertiary/aromatic N) is 1. The van der Waals surface area contributed by atoms with Crippen LogP contribution in [0, 0.1) is 17.8 Å². The van der Waals surface area contributed by atoms with Gasteiger partial charge in [-0.15, -0.1) is 0 Å². The average Bonchev–Trinajstić information content (AvgIpc) is 3.54. The number of carbonyl (C=O) groups excluding carboxylic acids is 6. The molecule has 2 rings (SSSR count). The van der Waals surface area contributed by atoms with Crippen LogP contribution in [-0.2, 0) is 89.5 Å². The van der Waals surface area contributed by atoms with E-state index in [4.69, 9.17) is 56.2 Å². The lowest BCUT2D eigenvalue weighted by Gasteiger charge is -2.32. The minimum Gasteiger partial charge on any atom is -0.465 e. The number of rotatable bonds is 26. The third-order valence-electron chi connectivity index (χ3n) is 8.05. The Morgan fingerprint density at radius 2 is 1.17 bits per heavy atom. The Morgan fingerprint density at radius 3 is 1.56 bits per heavy atom. The van der Waals surface area contributed by atoms with E-state index >= 15 is 0 Å². The highest BCUT2D eigenvalue weighted by Gasteiger charge is 2.55. The molecule has 1 aliphatic heterocycles. The molecule has 59 heavy (non-hydrogen) atoms. The second-order valence-electron chi connectivity index (χ2n) is 12.5. The van der Waals surface area contributed by atoms with Crippen LogP contribution < -0.4 is 11.2 Å². The molecule has 0 radical (unpaired) electrons. The van der Waals surface area contributed by atoms with Gasteiger partial charge in [0.05, 0.1) is 65.6 Å². The molecule has 1 aromatic rings. The molecule has 0 amide bonds. The van der Waals surface area contributed by atoms with Gasteiger partial charge in [0.2, 0.25) is 10.8 Å². The van der Waals surface area contributed by atoms with Gasteiger partial charge in [0.1, 0.15) is 12.3 Å². The van der Waals surface area contributed by atoms with E-state index in [0.29, 0.717) is 0 Å². The van der Waals surface area contributed by atoms with E-state index in [0.717, 1.165) is 18.4 Å². The molecule has 0 spiro atoms. The van der Waals surface area contributed by atoms with Crippen LogP contribution in [0.3, 0.4) is 0 Å². The lowest BCUT2D eigenvalue weighted by molar-refractivity contribution is -0.185. The molecule has 0 saturated carbocycles. The van der Waals surface area contributed by atoms with E-state index in [1.165, 1.54) is 40.8 Å². The summed E-state index contributed by atoms with van der Waals surface area (Å²) < 4.78 is 78.6. The van der Waals surface area contributed by atoms with Crippen molar-refractivity contribution in [3.8, 4) is 0 Å². The minimum absolute atomic E-state index is 0.140. The first kappa shape index (κ1) is 50.6. The summed E-state index contributed by atoms with van der Waals surface area (Å²) in [5.74, 6) is -6.85. The van der Waals surface area contributed by atoms with Crippen LogP contribution in [0.5, 0.6) is 0 Å². The number of carbonyl (C=O) groups is 6. The molecule has 25 heteroatoms. The normalized spacial score (nSPS) is 16.8. The first-order chi connectivity index (χ1) is 27.8.